The lowest BCUT2D eigenvalue weighted by molar-refractivity contribution is -0.125. The predicted molar refractivity (Wildman–Crippen MR) is 95.3 cm³/mol. The van der Waals surface area contributed by atoms with Gasteiger partial charge in [0.05, 0.1) is 6.21 Å². The second-order valence-corrected chi connectivity index (χ2v) is 6.06. The minimum Gasteiger partial charge on any atom is -0.457 e. The van der Waals surface area contributed by atoms with Crippen molar-refractivity contribution in [1.29, 1.82) is 0 Å². The van der Waals surface area contributed by atoms with Crippen molar-refractivity contribution in [1.82, 2.24) is 5.43 Å². The highest BCUT2D eigenvalue weighted by molar-refractivity contribution is 5.83. The van der Waals surface area contributed by atoms with Gasteiger partial charge in [-0.3, -0.25) is 4.79 Å². The van der Waals surface area contributed by atoms with E-state index >= 15 is 0 Å². The normalized spacial score (nSPS) is 15.3. The van der Waals surface area contributed by atoms with Gasteiger partial charge in [-0.05, 0) is 42.7 Å². The van der Waals surface area contributed by atoms with E-state index in [2.05, 4.69) is 10.5 Å². The van der Waals surface area contributed by atoms with Crippen LogP contribution in [0, 0.1) is 5.92 Å². The third-order valence-corrected chi connectivity index (χ3v) is 4.20. The van der Waals surface area contributed by atoms with Crippen LogP contribution in [0.1, 0.15) is 37.7 Å². The first-order valence-electron chi connectivity index (χ1n) is 8.47. The monoisotopic (exact) mass is 322 g/mol. The number of ether oxygens (including phenoxy) is 1. The molecule has 0 aromatic heterocycles. The number of benzene rings is 2. The molecular formula is C20H22N2O2. The number of para-hydroxylation sites is 1. The fraction of sp³-hybridized carbons (Fsp3) is 0.300. The Hall–Kier alpha value is -2.62. The Labute approximate surface area is 142 Å². The van der Waals surface area contributed by atoms with Crippen LogP contribution in [0.2, 0.25) is 0 Å². The highest BCUT2D eigenvalue weighted by Gasteiger charge is 2.20. The molecular weight excluding hydrogens is 300 g/mol. The number of carbonyl (C=O) groups excluding carboxylic acids is 1. The molecule has 0 heterocycles. The SMILES string of the molecule is O=C(NN=Cc1cccc(Oc2ccccc2)c1)C1CCCCC1. The third kappa shape index (κ3) is 4.69. The van der Waals surface area contributed by atoms with Gasteiger partial charge in [-0.25, -0.2) is 5.43 Å². The summed E-state index contributed by atoms with van der Waals surface area (Å²) in [5.74, 6) is 1.67. The Balaban J connectivity index is 1.56. The number of nitrogens with zero attached hydrogens (tertiary/aromatic N) is 1. The summed E-state index contributed by atoms with van der Waals surface area (Å²) in [6.07, 6.45) is 7.12. The zero-order chi connectivity index (χ0) is 16.6. The maximum atomic E-state index is 12.0. The quantitative estimate of drug-likeness (QED) is 0.650. The summed E-state index contributed by atoms with van der Waals surface area (Å²) >= 11 is 0. The third-order valence-electron chi connectivity index (χ3n) is 4.20. The first-order valence-corrected chi connectivity index (χ1v) is 8.47. The molecule has 0 spiro atoms. The number of nitrogens with one attached hydrogen (secondary N) is 1. The minimum absolute atomic E-state index is 0.0302. The molecule has 0 atom stereocenters. The lowest BCUT2D eigenvalue weighted by Crippen LogP contribution is -2.28. The lowest BCUT2D eigenvalue weighted by Gasteiger charge is -2.19. The summed E-state index contributed by atoms with van der Waals surface area (Å²) in [5, 5.41) is 4.08. The van der Waals surface area contributed by atoms with Crippen molar-refractivity contribution in [2.24, 2.45) is 11.0 Å². The average Bonchev–Trinajstić information content (AvgIpc) is 2.63. The zero-order valence-corrected chi connectivity index (χ0v) is 13.7. The molecule has 0 unspecified atom stereocenters. The van der Waals surface area contributed by atoms with E-state index in [1.165, 1.54) is 6.42 Å². The van der Waals surface area contributed by atoms with E-state index in [0.29, 0.717) is 0 Å². The molecule has 1 saturated carbocycles. The molecule has 1 N–H and O–H groups in total. The number of amides is 1. The van der Waals surface area contributed by atoms with Gasteiger partial charge in [-0.2, -0.15) is 5.10 Å². The summed E-state index contributed by atoms with van der Waals surface area (Å²) < 4.78 is 5.79. The van der Waals surface area contributed by atoms with Crippen LogP contribution in [0.15, 0.2) is 59.7 Å². The van der Waals surface area contributed by atoms with E-state index in [-0.39, 0.29) is 11.8 Å². The smallest absolute Gasteiger partial charge is 0.243 e. The van der Waals surface area contributed by atoms with E-state index in [9.17, 15) is 4.79 Å². The number of carbonyl (C=O) groups is 1. The van der Waals surface area contributed by atoms with Crippen LogP contribution in [0.4, 0.5) is 0 Å². The van der Waals surface area contributed by atoms with Crippen molar-refractivity contribution in [2.75, 3.05) is 0 Å². The molecule has 0 radical (unpaired) electrons. The molecule has 1 aliphatic rings. The number of hydrogen-bond donors (Lipinski definition) is 1. The van der Waals surface area contributed by atoms with Gasteiger partial charge in [0.1, 0.15) is 11.5 Å². The number of hydrazone groups is 1. The molecule has 2 aromatic carbocycles. The summed E-state index contributed by atoms with van der Waals surface area (Å²) in [4.78, 5) is 12.0. The molecule has 1 fully saturated rings. The van der Waals surface area contributed by atoms with Crippen LogP contribution < -0.4 is 10.2 Å². The van der Waals surface area contributed by atoms with Crippen LogP contribution in [0.3, 0.4) is 0 Å². The van der Waals surface area contributed by atoms with Crippen LogP contribution in [-0.4, -0.2) is 12.1 Å². The second-order valence-electron chi connectivity index (χ2n) is 6.06. The van der Waals surface area contributed by atoms with E-state index in [1.54, 1.807) is 6.21 Å². The highest BCUT2D eigenvalue weighted by atomic mass is 16.5. The first kappa shape index (κ1) is 16.2. The molecule has 0 bridgehead atoms. The van der Waals surface area contributed by atoms with E-state index in [0.717, 1.165) is 42.7 Å². The van der Waals surface area contributed by atoms with Crippen LogP contribution in [-0.2, 0) is 4.79 Å². The van der Waals surface area contributed by atoms with E-state index in [4.69, 9.17) is 4.74 Å². The molecule has 2 aromatic rings. The van der Waals surface area contributed by atoms with Crippen molar-refractivity contribution in [2.45, 2.75) is 32.1 Å². The fourth-order valence-electron chi connectivity index (χ4n) is 2.91. The molecule has 1 amide bonds. The zero-order valence-electron chi connectivity index (χ0n) is 13.7. The Kier molecular flexibility index (Phi) is 5.61. The molecule has 0 saturated heterocycles. The second kappa shape index (κ2) is 8.29. The predicted octanol–water partition coefficient (Wildman–Crippen LogP) is 4.51. The first-order chi connectivity index (χ1) is 11.8. The molecule has 124 valence electrons. The van der Waals surface area contributed by atoms with Gasteiger partial charge in [0, 0.05) is 5.92 Å². The van der Waals surface area contributed by atoms with Gasteiger partial charge < -0.3 is 4.74 Å². The van der Waals surface area contributed by atoms with Crippen molar-refractivity contribution < 1.29 is 9.53 Å². The highest BCUT2D eigenvalue weighted by Crippen LogP contribution is 2.23. The van der Waals surface area contributed by atoms with Gasteiger partial charge in [0.2, 0.25) is 5.91 Å². The maximum absolute atomic E-state index is 12.0. The average molecular weight is 322 g/mol. The standard InChI is InChI=1S/C20H22N2O2/c23-20(17-9-3-1-4-10-17)22-21-15-16-8-7-13-19(14-16)24-18-11-5-2-6-12-18/h2,5-8,11-15,17H,1,3-4,9-10H2,(H,22,23). The lowest BCUT2D eigenvalue weighted by atomic mass is 9.89. The maximum Gasteiger partial charge on any atom is 0.243 e. The van der Waals surface area contributed by atoms with Crippen molar-refractivity contribution in [3.63, 3.8) is 0 Å². The summed E-state index contributed by atoms with van der Waals surface area (Å²) in [6, 6.07) is 17.2. The fourth-order valence-corrected chi connectivity index (χ4v) is 2.91. The van der Waals surface area contributed by atoms with Gasteiger partial charge in [0.15, 0.2) is 0 Å². The Morgan fingerprint density at radius 3 is 2.54 bits per heavy atom. The Morgan fingerprint density at radius 1 is 1.00 bits per heavy atom. The molecule has 3 rings (SSSR count). The summed E-state index contributed by atoms with van der Waals surface area (Å²) in [6.45, 7) is 0. The largest absolute Gasteiger partial charge is 0.457 e. The van der Waals surface area contributed by atoms with Crippen molar-refractivity contribution >= 4 is 12.1 Å². The van der Waals surface area contributed by atoms with Crippen LogP contribution in [0.5, 0.6) is 11.5 Å². The topological polar surface area (TPSA) is 50.7 Å². The molecule has 24 heavy (non-hydrogen) atoms. The van der Waals surface area contributed by atoms with Crippen LogP contribution in [0.25, 0.3) is 0 Å². The molecule has 1 aliphatic carbocycles. The van der Waals surface area contributed by atoms with E-state index < -0.39 is 0 Å². The Bertz CT molecular complexity index is 692. The number of rotatable bonds is 5. The van der Waals surface area contributed by atoms with Crippen LogP contribution >= 0.6 is 0 Å². The van der Waals surface area contributed by atoms with Crippen molar-refractivity contribution in [3.05, 3.63) is 60.2 Å². The van der Waals surface area contributed by atoms with Crippen molar-refractivity contribution in [3.8, 4) is 11.5 Å². The number of hydrogen-bond acceptors (Lipinski definition) is 3. The molecule has 0 aliphatic heterocycles. The minimum atomic E-state index is 0.0302. The molecule has 4 nitrogen and oxygen atoms in total. The Morgan fingerprint density at radius 2 is 1.75 bits per heavy atom. The van der Waals surface area contributed by atoms with Gasteiger partial charge in [-0.15, -0.1) is 0 Å². The van der Waals surface area contributed by atoms with E-state index in [1.807, 2.05) is 54.6 Å². The summed E-state index contributed by atoms with van der Waals surface area (Å²) in [7, 11) is 0. The summed E-state index contributed by atoms with van der Waals surface area (Å²) in [5.41, 5.74) is 3.54. The van der Waals surface area contributed by atoms with Gasteiger partial charge >= 0.3 is 0 Å². The van der Waals surface area contributed by atoms with Gasteiger partial charge in [0.25, 0.3) is 0 Å². The van der Waals surface area contributed by atoms with Gasteiger partial charge in [-0.1, -0.05) is 49.6 Å². The molecule has 4 heteroatoms.